The lowest BCUT2D eigenvalue weighted by atomic mass is 10.2. The van der Waals surface area contributed by atoms with Crippen molar-refractivity contribution in [3.63, 3.8) is 0 Å². The van der Waals surface area contributed by atoms with Crippen LogP contribution in [0.4, 0.5) is 0 Å². The van der Waals surface area contributed by atoms with Crippen molar-refractivity contribution < 1.29 is 13.3 Å². The van der Waals surface area contributed by atoms with Crippen LogP contribution in [0.25, 0.3) is 0 Å². The molecule has 104 valence electrons. The first kappa shape index (κ1) is 17.0. The molecule has 0 rings (SSSR count). The Bertz CT molecular complexity index is 161. The van der Waals surface area contributed by atoms with Crippen molar-refractivity contribution in [2.24, 2.45) is 11.5 Å². The molecule has 6 heteroatoms. The van der Waals surface area contributed by atoms with E-state index in [0.29, 0.717) is 32.9 Å². The van der Waals surface area contributed by atoms with Gasteiger partial charge in [-0.1, -0.05) is 0 Å². The summed E-state index contributed by atoms with van der Waals surface area (Å²) in [4.78, 5) is 0. The van der Waals surface area contributed by atoms with Crippen LogP contribution >= 0.6 is 0 Å². The van der Waals surface area contributed by atoms with Gasteiger partial charge >= 0.3 is 8.80 Å². The highest BCUT2D eigenvalue weighted by molar-refractivity contribution is 6.62. The van der Waals surface area contributed by atoms with Crippen LogP contribution in [-0.4, -0.2) is 41.7 Å². The van der Waals surface area contributed by atoms with Crippen LogP contribution in [0.3, 0.4) is 0 Å². The Balaban J connectivity index is 4.87. The fraction of sp³-hybridized carbons (Fsp3) is 1.00. The van der Waals surface area contributed by atoms with E-state index in [0.717, 1.165) is 12.8 Å². The van der Waals surface area contributed by atoms with Crippen molar-refractivity contribution in [2.45, 2.75) is 39.2 Å². The molecule has 0 amide bonds. The van der Waals surface area contributed by atoms with Gasteiger partial charge in [0.05, 0.1) is 0 Å². The van der Waals surface area contributed by atoms with Gasteiger partial charge in [-0.05, 0) is 46.7 Å². The molecular weight excluding hydrogens is 236 g/mol. The molecule has 0 fully saturated rings. The number of rotatable bonds is 11. The lowest BCUT2D eigenvalue weighted by Crippen LogP contribution is -2.51. The third kappa shape index (κ3) is 5.46. The number of hydrogen-bond donors (Lipinski definition) is 2. The minimum absolute atomic E-state index is 0.206. The summed E-state index contributed by atoms with van der Waals surface area (Å²) in [6.45, 7) is 8.87. The Hall–Kier alpha value is 0.0169. The van der Waals surface area contributed by atoms with E-state index in [1.165, 1.54) is 0 Å². The molecule has 0 saturated carbocycles. The molecule has 4 N–H and O–H groups in total. The topological polar surface area (TPSA) is 79.7 Å². The van der Waals surface area contributed by atoms with Crippen LogP contribution in [0.15, 0.2) is 0 Å². The molecule has 0 aromatic rings. The molecule has 0 aromatic carbocycles. The molecule has 0 aliphatic heterocycles. The fourth-order valence-electron chi connectivity index (χ4n) is 1.98. The van der Waals surface area contributed by atoms with Gasteiger partial charge in [-0.2, -0.15) is 0 Å². The molecule has 5 nitrogen and oxygen atoms in total. The Kier molecular flexibility index (Phi) is 10.00. The monoisotopic (exact) mass is 264 g/mol. The van der Waals surface area contributed by atoms with E-state index in [-0.39, 0.29) is 5.54 Å². The second-order valence-electron chi connectivity index (χ2n) is 3.75. The first-order valence-corrected chi connectivity index (χ1v) is 8.32. The van der Waals surface area contributed by atoms with E-state index in [2.05, 4.69) is 0 Å². The normalized spacial score (nSPS) is 12.4. The molecule has 0 radical (unpaired) electrons. The van der Waals surface area contributed by atoms with Gasteiger partial charge in [-0.3, -0.25) is 0 Å². The average molecular weight is 264 g/mol. The molecular formula is C11H28N2O3Si. The highest BCUT2D eigenvalue weighted by Gasteiger charge is 2.48. The van der Waals surface area contributed by atoms with Gasteiger partial charge in [0.25, 0.3) is 0 Å². The molecule has 0 bridgehead atoms. The van der Waals surface area contributed by atoms with Crippen LogP contribution in [0.2, 0.25) is 5.54 Å². The van der Waals surface area contributed by atoms with E-state index in [4.69, 9.17) is 24.7 Å². The van der Waals surface area contributed by atoms with Crippen LogP contribution in [0, 0.1) is 0 Å². The van der Waals surface area contributed by atoms with E-state index < -0.39 is 8.80 Å². The summed E-state index contributed by atoms with van der Waals surface area (Å²) >= 11 is 0. The van der Waals surface area contributed by atoms with Crippen molar-refractivity contribution in [2.75, 3.05) is 32.9 Å². The van der Waals surface area contributed by atoms with Crippen LogP contribution in [0.1, 0.15) is 33.6 Å². The van der Waals surface area contributed by atoms with Crippen LogP contribution in [0.5, 0.6) is 0 Å². The first-order chi connectivity index (χ1) is 8.20. The maximum atomic E-state index is 5.86. The molecule has 17 heavy (non-hydrogen) atoms. The van der Waals surface area contributed by atoms with Crippen molar-refractivity contribution in [1.82, 2.24) is 0 Å². The fourth-order valence-corrected chi connectivity index (χ4v) is 5.19. The molecule has 0 heterocycles. The van der Waals surface area contributed by atoms with Gasteiger partial charge in [0.15, 0.2) is 0 Å². The molecule has 0 aliphatic rings. The first-order valence-electron chi connectivity index (χ1n) is 6.52. The zero-order valence-corrected chi connectivity index (χ0v) is 12.4. The minimum Gasteiger partial charge on any atom is -0.374 e. The number of nitrogens with two attached hydrogens (primary N) is 2. The summed E-state index contributed by atoms with van der Waals surface area (Å²) in [5.74, 6) is 0. The molecule has 0 aromatic heterocycles. The maximum Gasteiger partial charge on any atom is 0.504 e. The van der Waals surface area contributed by atoms with Gasteiger partial charge < -0.3 is 24.7 Å². The summed E-state index contributed by atoms with van der Waals surface area (Å²) < 4.78 is 17.6. The van der Waals surface area contributed by atoms with Gasteiger partial charge in [-0.15, -0.1) is 0 Å². The van der Waals surface area contributed by atoms with E-state index in [1.54, 1.807) is 0 Å². The van der Waals surface area contributed by atoms with E-state index in [9.17, 15) is 0 Å². The smallest absolute Gasteiger partial charge is 0.374 e. The highest BCUT2D eigenvalue weighted by Crippen LogP contribution is 2.31. The van der Waals surface area contributed by atoms with Gasteiger partial charge in [0.2, 0.25) is 0 Å². The Labute approximate surface area is 106 Å². The van der Waals surface area contributed by atoms with Crippen molar-refractivity contribution in [3.05, 3.63) is 0 Å². The van der Waals surface area contributed by atoms with Gasteiger partial charge in [0.1, 0.15) is 0 Å². The van der Waals surface area contributed by atoms with Crippen LogP contribution in [-0.2, 0) is 13.3 Å². The lowest BCUT2D eigenvalue weighted by Gasteiger charge is -2.35. The van der Waals surface area contributed by atoms with Gasteiger partial charge in [-0.25, -0.2) is 0 Å². The molecule has 0 aliphatic carbocycles. The Morgan fingerprint density at radius 1 is 0.824 bits per heavy atom. The second kappa shape index (κ2) is 9.99. The Morgan fingerprint density at radius 2 is 1.18 bits per heavy atom. The third-order valence-corrected chi connectivity index (χ3v) is 6.22. The summed E-state index contributed by atoms with van der Waals surface area (Å²) in [6.07, 6.45) is 1.67. The average Bonchev–Trinajstić information content (AvgIpc) is 2.29. The standard InChI is InChI=1S/C11H28N2O3Si/c1-4-14-17(15-5-2,16-6-3)11(7-9-12)8-10-13/h11H,4-10,12-13H2,1-3H3. The Morgan fingerprint density at radius 3 is 1.41 bits per heavy atom. The molecule has 0 saturated heterocycles. The maximum absolute atomic E-state index is 5.86. The van der Waals surface area contributed by atoms with Crippen molar-refractivity contribution >= 4 is 8.80 Å². The van der Waals surface area contributed by atoms with Gasteiger partial charge in [0, 0.05) is 25.4 Å². The molecule has 0 spiro atoms. The zero-order valence-electron chi connectivity index (χ0n) is 11.4. The zero-order chi connectivity index (χ0) is 13.1. The second-order valence-corrected chi connectivity index (χ2v) is 6.64. The third-order valence-electron chi connectivity index (χ3n) is 2.57. The number of hydrogen-bond acceptors (Lipinski definition) is 5. The predicted molar refractivity (Wildman–Crippen MR) is 71.7 cm³/mol. The van der Waals surface area contributed by atoms with Crippen LogP contribution < -0.4 is 11.5 Å². The quantitative estimate of drug-likeness (QED) is 0.546. The molecule has 0 atom stereocenters. The predicted octanol–water partition coefficient (Wildman–Crippen LogP) is 1.10. The summed E-state index contributed by atoms with van der Waals surface area (Å²) in [7, 11) is -2.63. The van der Waals surface area contributed by atoms with Crippen molar-refractivity contribution in [3.8, 4) is 0 Å². The highest BCUT2D eigenvalue weighted by atomic mass is 28.4. The SMILES string of the molecule is CCO[Si](OCC)(OCC)C(CCN)CCN. The summed E-state index contributed by atoms with van der Waals surface area (Å²) in [5, 5.41) is 0. The van der Waals surface area contributed by atoms with E-state index in [1.807, 2.05) is 20.8 Å². The summed E-state index contributed by atoms with van der Waals surface area (Å²) in [5.41, 5.74) is 11.5. The summed E-state index contributed by atoms with van der Waals surface area (Å²) in [6, 6.07) is 0. The largest absolute Gasteiger partial charge is 0.504 e. The van der Waals surface area contributed by atoms with Crippen molar-refractivity contribution in [1.29, 1.82) is 0 Å². The molecule has 0 unspecified atom stereocenters. The van der Waals surface area contributed by atoms with E-state index >= 15 is 0 Å². The minimum atomic E-state index is -2.63. The lowest BCUT2D eigenvalue weighted by molar-refractivity contribution is 0.0591.